The number of rotatable bonds is 7. The third-order valence-electron chi connectivity index (χ3n) is 4.74. The zero-order chi connectivity index (χ0) is 19.7. The lowest BCUT2D eigenvalue weighted by Crippen LogP contribution is -2.43. The Morgan fingerprint density at radius 1 is 1.21 bits per heavy atom. The number of oxazole rings is 1. The van der Waals surface area contributed by atoms with Crippen LogP contribution in [0.25, 0.3) is 22.0 Å². The number of aromatic amines is 2. The third-order valence-corrected chi connectivity index (χ3v) is 4.74. The number of hydrogen-bond acceptors (Lipinski definition) is 4. The van der Waals surface area contributed by atoms with E-state index < -0.39 is 5.76 Å². The van der Waals surface area contributed by atoms with Crippen molar-refractivity contribution in [3.8, 4) is 5.75 Å². The zero-order valence-corrected chi connectivity index (χ0v) is 15.8. The highest BCUT2D eigenvalue weighted by Gasteiger charge is 2.20. The molecule has 2 heterocycles. The summed E-state index contributed by atoms with van der Waals surface area (Å²) in [5, 5.41) is 4.37. The van der Waals surface area contributed by atoms with Gasteiger partial charge in [0, 0.05) is 29.2 Å². The van der Waals surface area contributed by atoms with E-state index in [1.54, 1.807) is 30.3 Å². The number of hydrogen-bond donors (Lipinski definition) is 3. The molecule has 3 N–H and O–H groups in total. The van der Waals surface area contributed by atoms with Gasteiger partial charge in [0.1, 0.15) is 12.4 Å². The quantitative estimate of drug-likeness (QED) is 0.425. The molecule has 2 aromatic heterocycles. The lowest BCUT2D eigenvalue weighted by atomic mass is 9.94. The van der Waals surface area contributed by atoms with Gasteiger partial charge in [-0.15, -0.1) is 0 Å². The molecule has 146 valence electrons. The van der Waals surface area contributed by atoms with E-state index >= 15 is 0 Å². The van der Waals surface area contributed by atoms with E-state index in [2.05, 4.69) is 29.1 Å². The Hall–Kier alpha value is -3.06. The summed E-state index contributed by atoms with van der Waals surface area (Å²) in [5.41, 5.74) is 2.82. The van der Waals surface area contributed by atoms with Crippen molar-refractivity contribution in [2.75, 3.05) is 13.2 Å². The second-order valence-corrected chi connectivity index (χ2v) is 7.49. The van der Waals surface area contributed by atoms with Gasteiger partial charge < -0.3 is 19.5 Å². The van der Waals surface area contributed by atoms with Crippen molar-refractivity contribution in [1.29, 1.82) is 0 Å². The fraction of sp³-hybridized carbons (Fsp3) is 0.286. The van der Waals surface area contributed by atoms with Crippen LogP contribution in [0.3, 0.4) is 0 Å². The Bertz CT molecular complexity index is 1170. The SMILES string of the molecule is CC(C)(Cc1c[nH]c2ccc(F)cc12)NCCOc1cccc2[nH]c(=O)oc12. The molecule has 4 rings (SSSR count). The summed E-state index contributed by atoms with van der Waals surface area (Å²) in [5.74, 6) is -0.207. The molecule has 0 bridgehead atoms. The number of aromatic nitrogens is 2. The van der Waals surface area contributed by atoms with Crippen LogP contribution in [0, 0.1) is 5.82 Å². The fourth-order valence-electron chi connectivity index (χ4n) is 3.45. The number of para-hydroxylation sites is 1. The van der Waals surface area contributed by atoms with Gasteiger partial charge >= 0.3 is 5.76 Å². The van der Waals surface area contributed by atoms with E-state index in [0.717, 1.165) is 22.9 Å². The van der Waals surface area contributed by atoms with Gasteiger partial charge in [0.05, 0.1) is 5.52 Å². The summed E-state index contributed by atoms with van der Waals surface area (Å²) in [6.07, 6.45) is 2.66. The minimum absolute atomic E-state index is 0.211. The Kier molecular flexibility index (Phi) is 4.68. The lowest BCUT2D eigenvalue weighted by Gasteiger charge is -2.26. The molecule has 0 fully saturated rings. The highest BCUT2D eigenvalue weighted by Crippen LogP contribution is 2.24. The zero-order valence-electron chi connectivity index (χ0n) is 15.8. The van der Waals surface area contributed by atoms with Crippen molar-refractivity contribution >= 4 is 22.0 Å². The number of H-pyrrole nitrogens is 2. The Morgan fingerprint density at radius 2 is 2.07 bits per heavy atom. The van der Waals surface area contributed by atoms with Crippen molar-refractivity contribution in [3.05, 3.63) is 64.5 Å². The first kappa shape index (κ1) is 18.3. The number of ether oxygens (including phenoxy) is 1. The minimum atomic E-state index is -0.500. The van der Waals surface area contributed by atoms with Crippen LogP contribution in [0.5, 0.6) is 5.75 Å². The number of benzene rings is 2. The minimum Gasteiger partial charge on any atom is -0.488 e. The van der Waals surface area contributed by atoms with Crippen LogP contribution >= 0.6 is 0 Å². The summed E-state index contributed by atoms with van der Waals surface area (Å²) in [6, 6.07) is 10.1. The average Bonchev–Trinajstić information content (AvgIpc) is 3.21. The summed E-state index contributed by atoms with van der Waals surface area (Å²) in [6.45, 7) is 5.21. The van der Waals surface area contributed by atoms with E-state index in [4.69, 9.17) is 9.15 Å². The first-order valence-electron chi connectivity index (χ1n) is 9.16. The smallest absolute Gasteiger partial charge is 0.417 e. The molecule has 0 radical (unpaired) electrons. The normalized spacial score (nSPS) is 12.1. The summed E-state index contributed by atoms with van der Waals surface area (Å²) >= 11 is 0. The highest BCUT2D eigenvalue weighted by atomic mass is 19.1. The van der Waals surface area contributed by atoms with Gasteiger partial charge in [-0.05, 0) is 56.2 Å². The maximum atomic E-state index is 13.6. The van der Waals surface area contributed by atoms with Crippen molar-refractivity contribution in [3.63, 3.8) is 0 Å². The molecule has 0 amide bonds. The van der Waals surface area contributed by atoms with Gasteiger partial charge in [-0.25, -0.2) is 9.18 Å². The molecule has 0 aliphatic heterocycles. The standard InChI is InChI=1S/C21H22FN3O3/c1-21(2,11-13-12-23-16-7-6-14(22)10-15(13)16)24-8-9-27-18-5-3-4-17-19(18)28-20(26)25-17/h3-7,10,12,23-24H,8-9,11H2,1-2H3,(H,25,26). The average molecular weight is 383 g/mol. The fourth-order valence-corrected chi connectivity index (χ4v) is 3.45. The molecule has 0 unspecified atom stereocenters. The van der Waals surface area contributed by atoms with E-state index in [0.29, 0.717) is 30.0 Å². The van der Waals surface area contributed by atoms with Gasteiger partial charge in [-0.2, -0.15) is 0 Å². The van der Waals surface area contributed by atoms with Crippen LogP contribution in [0.15, 0.2) is 51.8 Å². The van der Waals surface area contributed by atoms with E-state index in [1.807, 2.05) is 6.20 Å². The van der Waals surface area contributed by atoms with Crippen LogP contribution in [-0.4, -0.2) is 28.7 Å². The predicted octanol–water partition coefficient (Wildman–Crippen LogP) is 3.73. The number of nitrogens with one attached hydrogen (secondary N) is 3. The van der Waals surface area contributed by atoms with Gasteiger partial charge in [-0.3, -0.25) is 4.98 Å². The number of halogens is 1. The van der Waals surface area contributed by atoms with Crippen molar-refractivity contribution < 1.29 is 13.5 Å². The summed E-state index contributed by atoms with van der Waals surface area (Å²) < 4.78 is 24.5. The summed E-state index contributed by atoms with van der Waals surface area (Å²) in [7, 11) is 0. The monoisotopic (exact) mass is 383 g/mol. The summed E-state index contributed by atoms with van der Waals surface area (Å²) in [4.78, 5) is 17.1. The van der Waals surface area contributed by atoms with Gasteiger partial charge in [-0.1, -0.05) is 6.07 Å². The molecule has 0 aliphatic rings. The molecular weight excluding hydrogens is 361 g/mol. The van der Waals surface area contributed by atoms with Crippen LogP contribution in [0.2, 0.25) is 0 Å². The molecule has 0 aliphatic carbocycles. The lowest BCUT2D eigenvalue weighted by molar-refractivity contribution is 0.282. The predicted molar refractivity (Wildman–Crippen MR) is 106 cm³/mol. The van der Waals surface area contributed by atoms with Gasteiger partial charge in [0.25, 0.3) is 0 Å². The maximum Gasteiger partial charge on any atom is 0.417 e. The highest BCUT2D eigenvalue weighted by molar-refractivity contribution is 5.83. The molecular formula is C21H22FN3O3. The Morgan fingerprint density at radius 3 is 2.93 bits per heavy atom. The van der Waals surface area contributed by atoms with Crippen LogP contribution in [0.4, 0.5) is 4.39 Å². The Balaban J connectivity index is 1.37. The third kappa shape index (κ3) is 3.80. The molecule has 6 nitrogen and oxygen atoms in total. The molecule has 28 heavy (non-hydrogen) atoms. The van der Waals surface area contributed by atoms with Gasteiger partial charge in [0.15, 0.2) is 11.3 Å². The molecule has 0 saturated heterocycles. The topological polar surface area (TPSA) is 83.0 Å². The maximum absolute atomic E-state index is 13.6. The van der Waals surface area contributed by atoms with Crippen molar-refractivity contribution in [2.45, 2.75) is 25.8 Å². The first-order chi connectivity index (χ1) is 13.4. The van der Waals surface area contributed by atoms with E-state index in [9.17, 15) is 9.18 Å². The van der Waals surface area contributed by atoms with Crippen LogP contribution in [-0.2, 0) is 6.42 Å². The molecule has 0 spiro atoms. The molecule has 7 heteroatoms. The second kappa shape index (κ2) is 7.16. The first-order valence-corrected chi connectivity index (χ1v) is 9.16. The molecule has 2 aromatic carbocycles. The van der Waals surface area contributed by atoms with Crippen molar-refractivity contribution in [1.82, 2.24) is 15.3 Å². The second-order valence-electron chi connectivity index (χ2n) is 7.49. The largest absolute Gasteiger partial charge is 0.488 e. The van der Waals surface area contributed by atoms with Crippen LogP contribution < -0.4 is 15.8 Å². The van der Waals surface area contributed by atoms with E-state index in [-0.39, 0.29) is 11.4 Å². The number of fused-ring (bicyclic) bond motifs is 2. The Labute approximate surface area is 160 Å². The van der Waals surface area contributed by atoms with Gasteiger partial charge in [0.2, 0.25) is 0 Å². The van der Waals surface area contributed by atoms with E-state index in [1.165, 1.54) is 6.07 Å². The molecule has 0 saturated carbocycles. The molecule has 0 atom stereocenters. The molecule has 4 aromatic rings. The van der Waals surface area contributed by atoms with Crippen LogP contribution in [0.1, 0.15) is 19.4 Å². The van der Waals surface area contributed by atoms with Crippen molar-refractivity contribution in [2.24, 2.45) is 0 Å².